The number of nitrogens with two attached hydrogens (primary N) is 1. The SMILES string of the molecule is NC[C@@H](O)CNc1ccc([N+](=O)[O-])cc1Cl. The Hall–Kier alpha value is -1.37. The highest BCUT2D eigenvalue weighted by atomic mass is 35.5. The summed E-state index contributed by atoms with van der Waals surface area (Å²) in [6.07, 6.45) is -0.675. The quantitative estimate of drug-likeness (QED) is 0.530. The molecule has 1 aromatic carbocycles. The molecule has 0 spiro atoms. The van der Waals surface area contributed by atoms with Gasteiger partial charge in [0.2, 0.25) is 0 Å². The molecule has 88 valence electrons. The number of nitrogens with one attached hydrogen (secondary N) is 1. The molecule has 0 aliphatic carbocycles. The average Bonchev–Trinajstić information content (AvgIpc) is 2.26. The van der Waals surface area contributed by atoms with E-state index in [4.69, 9.17) is 17.3 Å². The van der Waals surface area contributed by atoms with Gasteiger partial charge < -0.3 is 16.2 Å². The highest BCUT2D eigenvalue weighted by molar-refractivity contribution is 6.33. The highest BCUT2D eigenvalue weighted by Gasteiger charge is 2.09. The monoisotopic (exact) mass is 245 g/mol. The van der Waals surface area contributed by atoms with Gasteiger partial charge in [-0.1, -0.05) is 11.6 Å². The third kappa shape index (κ3) is 3.34. The van der Waals surface area contributed by atoms with Crippen LogP contribution in [0.5, 0.6) is 0 Å². The summed E-state index contributed by atoms with van der Waals surface area (Å²) < 4.78 is 0. The Morgan fingerprint density at radius 3 is 2.81 bits per heavy atom. The normalized spacial score (nSPS) is 12.2. The number of non-ortho nitro benzene ring substituents is 1. The molecule has 0 saturated heterocycles. The molecule has 0 radical (unpaired) electrons. The van der Waals surface area contributed by atoms with E-state index in [2.05, 4.69) is 5.32 Å². The van der Waals surface area contributed by atoms with Gasteiger partial charge in [0.25, 0.3) is 5.69 Å². The predicted molar refractivity (Wildman–Crippen MR) is 61.7 cm³/mol. The Labute approximate surface area is 97.2 Å². The predicted octanol–water partition coefficient (Wildman–Crippen LogP) is 0.980. The van der Waals surface area contributed by atoms with Gasteiger partial charge in [0.05, 0.1) is 21.7 Å². The van der Waals surface area contributed by atoms with E-state index in [9.17, 15) is 15.2 Å². The minimum absolute atomic E-state index is 0.0741. The number of aliphatic hydroxyl groups is 1. The van der Waals surface area contributed by atoms with E-state index < -0.39 is 11.0 Å². The van der Waals surface area contributed by atoms with Gasteiger partial charge in [-0.3, -0.25) is 10.1 Å². The van der Waals surface area contributed by atoms with Crippen molar-refractivity contribution in [3.8, 4) is 0 Å². The van der Waals surface area contributed by atoms with E-state index in [-0.39, 0.29) is 23.8 Å². The standard InChI is InChI=1S/C9H12ClN3O3/c10-8-3-6(13(15)16)1-2-9(8)12-5-7(14)4-11/h1-3,7,12,14H,4-5,11H2/t7-/m1/s1. The van der Waals surface area contributed by atoms with Crippen LogP contribution in [0.15, 0.2) is 18.2 Å². The fourth-order valence-electron chi connectivity index (χ4n) is 1.07. The van der Waals surface area contributed by atoms with Crippen molar-refractivity contribution in [1.82, 2.24) is 0 Å². The van der Waals surface area contributed by atoms with E-state index in [0.717, 1.165) is 0 Å². The zero-order valence-electron chi connectivity index (χ0n) is 8.39. The molecule has 1 atom stereocenters. The summed E-state index contributed by atoms with van der Waals surface area (Å²) in [6, 6.07) is 4.07. The van der Waals surface area contributed by atoms with Gasteiger partial charge in [-0.05, 0) is 6.07 Å². The van der Waals surface area contributed by atoms with Gasteiger partial charge in [-0.2, -0.15) is 0 Å². The van der Waals surface area contributed by atoms with Crippen molar-refractivity contribution >= 4 is 23.0 Å². The lowest BCUT2D eigenvalue weighted by atomic mass is 10.2. The first-order valence-electron chi connectivity index (χ1n) is 4.60. The molecule has 0 aliphatic heterocycles. The molecule has 0 unspecified atom stereocenters. The molecule has 1 rings (SSSR count). The second kappa shape index (κ2) is 5.64. The second-order valence-corrected chi connectivity index (χ2v) is 3.60. The van der Waals surface area contributed by atoms with E-state index in [1.54, 1.807) is 0 Å². The molecule has 0 heterocycles. The van der Waals surface area contributed by atoms with Crippen molar-refractivity contribution in [2.45, 2.75) is 6.10 Å². The lowest BCUT2D eigenvalue weighted by Crippen LogP contribution is -2.27. The number of anilines is 1. The number of rotatable bonds is 5. The van der Waals surface area contributed by atoms with Gasteiger partial charge in [0.1, 0.15) is 0 Å². The largest absolute Gasteiger partial charge is 0.390 e. The molecule has 1 aromatic rings. The Balaban J connectivity index is 2.72. The summed E-state index contributed by atoms with van der Waals surface area (Å²) in [7, 11) is 0. The zero-order valence-corrected chi connectivity index (χ0v) is 9.15. The van der Waals surface area contributed by atoms with Crippen LogP contribution in [0.1, 0.15) is 0 Å². The van der Waals surface area contributed by atoms with Crippen LogP contribution in [0.2, 0.25) is 5.02 Å². The molecule has 0 aliphatic rings. The van der Waals surface area contributed by atoms with Crippen LogP contribution in [-0.4, -0.2) is 29.2 Å². The van der Waals surface area contributed by atoms with Crippen molar-refractivity contribution in [2.24, 2.45) is 5.73 Å². The molecule has 0 saturated carbocycles. The van der Waals surface area contributed by atoms with Gasteiger partial charge in [0, 0.05) is 25.2 Å². The maximum absolute atomic E-state index is 10.4. The number of nitrogens with zero attached hydrogens (tertiary/aromatic N) is 1. The molecule has 0 bridgehead atoms. The first kappa shape index (κ1) is 12.7. The average molecular weight is 246 g/mol. The summed E-state index contributed by atoms with van der Waals surface area (Å²) in [5.74, 6) is 0. The van der Waals surface area contributed by atoms with Crippen LogP contribution in [0.25, 0.3) is 0 Å². The van der Waals surface area contributed by atoms with Gasteiger partial charge in [-0.15, -0.1) is 0 Å². The summed E-state index contributed by atoms with van der Waals surface area (Å²) in [5.41, 5.74) is 5.68. The molecule has 0 amide bonds. The van der Waals surface area contributed by atoms with Crippen molar-refractivity contribution in [3.63, 3.8) is 0 Å². The first-order chi connectivity index (χ1) is 7.54. The second-order valence-electron chi connectivity index (χ2n) is 3.19. The fourth-order valence-corrected chi connectivity index (χ4v) is 1.31. The van der Waals surface area contributed by atoms with Crippen LogP contribution < -0.4 is 11.1 Å². The lowest BCUT2D eigenvalue weighted by Gasteiger charge is -2.11. The number of nitro benzene ring substituents is 1. The maximum atomic E-state index is 10.4. The van der Waals surface area contributed by atoms with Crippen molar-refractivity contribution < 1.29 is 10.0 Å². The summed E-state index contributed by atoms with van der Waals surface area (Å²) in [4.78, 5) is 9.92. The van der Waals surface area contributed by atoms with E-state index in [1.165, 1.54) is 18.2 Å². The number of halogens is 1. The molecular weight excluding hydrogens is 234 g/mol. The molecule has 0 aromatic heterocycles. The van der Waals surface area contributed by atoms with Crippen LogP contribution in [-0.2, 0) is 0 Å². The molecule has 0 fully saturated rings. The Morgan fingerprint density at radius 2 is 2.31 bits per heavy atom. The van der Waals surface area contributed by atoms with Gasteiger partial charge >= 0.3 is 0 Å². The molecule has 7 heteroatoms. The fraction of sp³-hybridized carbons (Fsp3) is 0.333. The van der Waals surface area contributed by atoms with E-state index in [0.29, 0.717) is 5.69 Å². The van der Waals surface area contributed by atoms with Crippen LogP contribution >= 0.6 is 11.6 Å². The van der Waals surface area contributed by atoms with Crippen LogP contribution in [0, 0.1) is 10.1 Å². The number of nitro groups is 1. The Morgan fingerprint density at radius 1 is 1.62 bits per heavy atom. The minimum atomic E-state index is -0.675. The highest BCUT2D eigenvalue weighted by Crippen LogP contribution is 2.26. The molecule has 16 heavy (non-hydrogen) atoms. The van der Waals surface area contributed by atoms with Crippen molar-refractivity contribution in [2.75, 3.05) is 18.4 Å². The topological polar surface area (TPSA) is 101 Å². The molecule has 6 nitrogen and oxygen atoms in total. The third-order valence-corrected chi connectivity index (χ3v) is 2.28. The number of benzene rings is 1. The van der Waals surface area contributed by atoms with E-state index in [1.807, 2.05) is 0 Å². The molecule has 4 N–H and O–H groups in total. The number of hydrogen-bond donors (Lipinski definition) is 3. The minimum Gasteiger partial charge on any atom is -0.390 e. The third-order valence-electron chi connectivity index (χ3n) is 1.96. The Kier molecular flexibility index (Phi) is 4.48. The van der Waals surface area contributed by atoms with Crippen LogP contribution in [0.4, 0.5) is 11.4 Å². The number of aliphatic hydroxyl groups excluding tert-OH is 1. The summed E-state index contributed by atoms with van der Waals surface area (Å²) in [5, 5.41) is 22.7. The van der Waals surface area contributed by atoms with E-state index >= 15 is 0 Å². The summed E-state index contributed by atoms with van der Waals surface area (Å²) >= 11 is 5.82. The lowest BCUT2D eigenvalue weighted by molar-refractivity contribution is -0.384. The smallest absolute Gasteiger partial charge is 0.271 e. The molecular formula is C9H12ClN3O3. The number of hydrogen-bond acceptors (Lipinski definition) is 5. The summed E-state index contributed by atoms with van der Waals surface area (Å²) in [6.45, 7) is 0.381. The van der Waals surface area contributed by atoms with Crippen molar-refractivity contribution in [3.05, 3.63) is 33.3 Å². The van der Waals surface area contributed by atoms with Gasteiger partial charge in [0.15, 0.2) is 0 Å². The van der Waals surface area contributed by atoms with Crippen molar-refractivity contribution in [1.29, 1.82) is 0 Å². The van der Waals surface area contributed by atoms with Gasteiger partial charge in [-0.25, -0.2) is 0 Å². The zero-order chi connectivity index (χ0) is 12.1. The Bertz CT molecular complexity index is 386. The maximum Gasteiger partial charge on any atom is 0.271 e. The first-order valence-corrected chi connectivity index (χ1v) is 4.98. The van der Waals surface area contributed by atoms with Crippen LogP contribution in [0.3, 0.4) is 0 Å².